The monoisotopic (exact) mass is 521 g/mol. The zero-order valence-corrected chi connectivity index (χ0v) is 22.7. The number of benzene rings is 1. The lowest BCUT2D eigenvalue weighted by Crippen LogP contribution is -2.65. The molecule has 2 heterocycles. The first-order chi connectivity index (χ1) is 18.5. The summed E-state index contributed by atoms with van der Waals surface area (Å²) in [6.45, 7) is 5.41. The van der Waals surface area contributed by atoms with Crippen molar-refractivity contribution in [3.8, 4) is 11.6 Å². The zero-order chi connectivity index (χ0) is 26.8. The van der Waals surface area contributed by atoms with Crippen molar-refractivity contribution in [1.29, 1.82) is 0 Å². The van der Waals surface area contributed by atoms with Gasteiger partial charge in [0, 0.05) is 45.0 Å². The molecule has 1 aliphatic carbocycles. The summed E-state index contributed by atoms with van der Waals surface area (Å²) in [7, 11) is 0. The lowest BCUT2D eigenvalue weighted by atomic mass is 9.84. The molecule has 1 saturated carbocycles. The number of ether oxygens (including phenoxy) is 1. The van der Waals surface area contributed by atoms with Crippen molar-refractivity contribution in [3.05, 3.63) is 54.2 Å². The zero-order valence-electron chi connectivity index (χ0n) is 22.7. The van der Waals surface area contributed by atoms with Crippen LogP contribution >= 0.6 is 0 Å². The molecule has 0 atom stereocenters. The fraction of sp³-hybridized carbons (Fsp3) is 0.567. The average molecular weight is 522 g/mol. The van der Waals surface area contributed by atoms with Gasteiger partial charge >= 0.3 is 6.03 Å². The van der Waals surface area contributed by atoms with Gasteiger partial charge in [0.05, 0.1) is 0 Å². The van der Waals surface area contributed by atoms with Crippen LogP contribution in [0.4, 0.5) is 4.79 Å². The molecule has 206 valence electrons. The van der Waals surface area contributed by atoms with E-state index in [1.165, 1.54) is 32.1 Å². The molecule has 2 aliphatic rings. The minimum atomic E-state index is -0.950. The Morgan fingerprint density at radius 2 is 1.84 bits per heavy atom. The van der Waals surface area contributed by atoms with Gasteiger partial charge in [0.2, 0.25) is 11.8 Å². The molecule has 8 nitrogen and oxygen atoms in total. The normalized spacial score (nSPS) is 18.0. The van der Waals surface area contributed by atoms with Crippen LogP contribution in [0.2, 0.25) is 0 Å². The predicted molar refractivity (Wildman–Crippen MR) is 149 cm³/mol. The van der Waals surface area contributed by atoms with E-state index in [2.05, 4.69) is 22.1 Å². The molecule has 0 bridgehead atoms. The average Bonchev–Trinajstić information content (AvgIpc) is 2.95. The first-order valence-electron chi connectivity index (χ1n) is 14.3. The maximum Gasteiger partial charge on any atom is 0.318 e. The molecule has 1 aliphatic heterocycles. The second-order valence-corrected chi connectivity index (χ2v) is 10.8. The standard InChI is InChI=1S/C30H43N5O3/c1-2-3-18-35(29(37)33-21-24-10-6-4-7-11-24)30(28(31)36)16-19-34(20-17-30)23-25-14-15-27(32-22-25)38-26-12-8-5-9-13-26/h5,8-9,12-15,22,24H,2-4,6-7,10-11,16-21,23H2,1H3,(H2,31,36)(H,33,37). The number of para-hydroxylation sites is 1. The van der Waals surface area contributed by atoms with Gasteiger partial charge in [0.1, 0.15) is 11.3 Å². The van der Waals surface area contributed by atoms with E-state index < -0.39 is 11.4 Å². The smallest absolute Gasteiger partial charge is 0.318 e. The van der Waals surface area contributed by atoms with E-state index in [9.17, 15) is 9.59 Å². The van der Waals surface area contributed by atoms with Gasteiger partial charge in [-0.05, 0) is 55.7 Å². The van der Waals surface area contributed by atoms with Crippen molar-refractivity contribution < 1.29 is 14.3 Å². The summed E-state index contributed by atoms with van der Waals surface area (Å²) >= 11 is 0. The first-order valence-corrected chi connectivity index (χ1v) is 14.3. The summed E-state index contributed by atoms with van der Waals surface area (Å²) in [5, 5.41) is 3.16. The number of urea groups is 1. The first kappa shape index (κ1) is 27.9. The van der Waals surface area contributed by atoms with Gasteiger partial charge < -0.3 is 20.7 Å². The van der Waals surface area contributed by atoms with E-state index in [0.717, 1.165) is 30.7 Å². The molecule has 0 radical (unpaired) electrons. The molecule has 38 heavy (non-hydrogen) atoms. The largest absolute Gasteiger partial charge is 0.439 e. The number of amides is 3. The molecule has 1 aromatic carbocycles. The maximum absolute atomic E-state index is 13.4. The molecule has 3 N–H and O–H groups in total. The van der Waals surface area contributed by atoms with Crippen LogP contribution in [0.15, 0.2) is 48.7 Å². The maximum atomic E-state index is 13.4. The number of hydrogen-bond donors (Lipinski definition) is 2. The highest BCUT2D eigenvalue weighted by molar-refractivity contribution is 5.90. The lowest BCUT2D eigenvalue weighted by Gasteiger charge is -2.46. The lowest BCUT2D eigenvalue weighted by molar-refractivity contribution is -0.131. The fourth-order valence-electron chi connectivity index (χ4n) is 5.71. The van der Waals surface area contributed by atoms with Gasteiger partial charge in [-0.3, -0.25) is 9.69 Å². The van der Waals surface area contributed by atoms with Crippen LogP contribution < -0.4 is 15.8 Å². The number of carbonyl (C=O) groups excluding carboxylic acids is 2. The molecule has 3 amide bonds. The number of nitrogens with one attached hydrogen (secondary N) is 1. The van der Waals surface area contributed by atoms with Crippen molar-refractivity contribution in [3.63, 3.8) is 0 Å². The van der Waals surface area contributed by atoms with Gasteiger partial charge in [-0.1, -0.05) is 56.9 Å². The fourth-order valence-corrected chi connectivity index (χ4v) is 5.71. The number of carbonyl (C=O) groups is 2. The molecule has 8 heteroatoms. The predicted octanol–water partition coefficient (Wildman–Crippen LogP) is 5.09. The quantitative estimate of drug-likeness (QED) is 0.429. The van der Waals surface area contributed by atoms with Crippen molar-refractivity contribution in [2.45, 2.75) is 76.8 Å². The number of nitrogens with zero attached hydrogens (tertiary/aromatic N) is 3. The summed E-state index contributed by atoms with van der Waals surface area (Å²) < 4.78 is 5.80. The van der Waals surface area contributed by atoms with Gasteiger partial charge in [-0.2, -0.15) is 0 Å². The van der Waals surface area contributed by atoms with E-state index in [4.69, 9.17) is 10.5 Å². The van der Waals surface area contributed by atoms with Crippen LogP contribution in [0.1, 0.15) is 70.3 Å². The Balaban J connectivity index is 1.35. The van der Waals surface area contributed by atoms with Gasteiger partial charge in [0.15, 0.2) is 0 Å². The molecule has 0 unspecified atom stereocenters. The second-order valence-electron chi connectivity index (χ2n) is 10.8. The topological polar surface area (TPSA) is 101 Å². The molecule has 1 saturated heterocycles. The Kier molecular flexibility index (Phi) is 9.98. The highest BCUT2D eigenvalue weighted by Crippen LogP contribution is 2.31. The van der Waals surface area contributed by atoms with E-state index in [1.54, 1.807) is 4.90 Å². The van der Waals surface area contributed by atoms with Crippen molar-refractivity contribution in [2.75, 3.05) is 26.2 Å². The van der Waals surface area contributed by atoms with Crippen LogP contribution in [0.5, 0.6) is 11.6 Å². The van der Waals surface area contributed by atoms with Gasteiger partial charge in [0.25, 0.3) is 0 Å². The molecule has 2 aromatic rings. The number of aromatic nitrogens is 1. The highest BCUT2D eigenvalue weighted by Gasteiger charge is 2.47. The number of piperidine rings is 1. The minimum Gasteiger partial charge on any atom is -0.439 e. The minimum absolute atomic E-state index is 0.144. The number of pyridine rings is 1. The highest BCUT2D eigenvalue weighted by atomic mass is 16.5. The van der Waals surface area contributed by atoms with E-state index >= 15 is 0 Å². The molecule has 4 rings (SSSR count). The summed E-state index contributed by atoms with van der Waals surface area (Å²) in [5.74, 6) is 1.44. The Bertz CT molecular complexity index is 1020. The van der Waals surface area contributed by atoms with E-state index in [0.29, 0.717) is 50.8 Å². The molecular formula is C30H43N5O3. The van der Waals surface area contributed by atoms with Crippen LogP contribution in [0.3, 0.4) is 0 Å². The summed E-state index contributed by atoms with van der Waals surface area (Å²) in [4.78, 5) is 34.8. The van der Waals surface area contributed by atoms with Crippen LogP contribution in [-0.4, -0.2) is 58.4 Å². The second kappa shape index (κ2) is 13.6. The van der Waals surface area contributed by atoms with Crippen LogP contribution in [0, 0.1) is 5.92 Å². The number of unbranched alkanes of at least 4 members (excludes halogenated alkanes) is 1. The summed E-state index contributed by atoms with van der Waals surface area (Å²) in [6, 6.07) is 13.3. The number of hydrogen-bond acceptors (Lipinski definition) is 5. The van der Waals surface area contributed by atoms with Gasteiger partial charge in [-0.15, -0.1) is 0 Å². The van der Waals surface area contributed by atoms with E-state index in [-0.39, 0.29) is 6.03 Å². The number of nitrogens with two attached hydrogens (primary N) is 1. The van der Waals surface area contributed by atoms with Crippen LogP contribution in [0.25, 0.3) is 0 Å². The Morgan fingerprint density at radius 3 is 2.47 bits per heavy atom. The summed E-state index contributed by atoms with van der Waals surface area (Å²) in [5.41, 5.74) is 6.15. The Labute approximate surface area is 226 Å². The third kappa shape index (κ3) is 7.25. The molecule has 0 spiro atoms. The molecular weight excluding hydrogens is 478 g/mol. The van der Waals surface area contributed by atoms with Crippen molar-refractivity contribution in [1.82, 2.24) is 20.1 Å². The number of rotatable bonds is 11. The van der Waals surface area contributed by atoms with E-state index in [1.807, 2.05) is 48.7 Å². The summed E-state index contributed by atoms with van der Waals surface area (Å²) in [6.07, 6.45) is 10.8. The Hall–Kier alpha value is -3.13. The van der Waals surface area contributed by atoms with Crippen molar-refractivity contribution in [2.24, 2.45) is 11.7 Å². The third-order valence-corrected chi connectivity index (χ3v) is 8.08. The SMILES string of the molecule is CCCCN(C(=O)NCC1CCCCC1)C1(C(N)=O)CCN(Cc2ccc(Oc3ccccc3)nc2)CC1. The van der Waals surface area contributed by atoms with Gasteiger partial charge in [-0.25, -0.2) is 9.78 Å². The van der Waals surface area contributed by atoms with Crippen LogP contribution in [-0.2, 0) is 11.3 Å². The number of likely N-dealkylation sites (tertiary alicyclic amines) is 1. The van der Waals surface area contributed by atoms with Crippen molar-refractivity contribution >= 4 is 11.9 Å². The molecule has 1 aromatic heterocycles. The molecule has 2 fully saturated rings. The number of primary amides is 1. The third-order valence-electron chi connectivity index (χ3n) is 8.08. The Morgan fingerprint density at radius 1 is 1.11 bits per heavy atom.